The van der Waals surface area contributed by atoms with Crippen LogP contribution < -0.4 is 0 Å². The summed E-state index contributed by atoms with van der Waals surface area (Å²) in [6.07, 6.45) is 3.27. The van der Waals surface area contributed by atoms with Crippen LogP contribution >= 0.6 is 0 Å². The van der Waals surface area contributed by atoms with Crippen molar-refractivity contribution in [2.75, 3.05) is 6.61 Å². The van der Waals surface area contributed by atoms with Gasteiger partial charge in [-0.1, -0.05) is 0 Å². The van der Waals surface area contributed by atoms with Crippen molar-refractivity contribution >= 4 is 6.29 Å². The molecule has 1 aliphatic heterocycles. The highest BCUT2D eigenvalue weighted by Gasteiger charge is 2.21. The molecule has 0 radical (unpaired) electrons. The molecule has 0 aliphatic carbocycles. The van der Waals surface area contributed by atoms with Crippen molar-refractivity contribution in [3.05, 3.63) is 23.5 Å². The van der Waals surface area contributed by atoms with Crippen molar-refractivity contribution in [3.63, 3.8) is 0 Å². The van der Waals surface area contributed by atoms with Gasteiger partial charge in [-0.15, -0.1) is 0 Å². The Kier molecular flexibility index (Phi) is 2.68. The lowest BCUT2D eigenvalue weighted by Gasteiger charge is -2.26. The molecule has 0 saturated carbocycles. The van der Waals surface area contributed by atoms with Crippen LogP contribution in [0.3, 0.4) is 0 Å². The number of aromatic nitrogens is 1. The molecule has 0 bridgehead atoms. The maximum Gasteiger partial charge on any atom is 0.166 e. The third-order valence-corrected chi connectivity index (χ3v) is 2.78. The van der Waals surface area contributed by atoms with Crippen LogP contribution in [0.2, 0.25) is 0 Å². The van der Waals surface area contributed by atoms with E-state index in [0.29, 0.717) is 17.7 Å². The summed E-state index contributed by atoms with van der Waals surface area (Å²) in [5.74, 6) is 0.521. The molecule has 1 fully saturated rings. The molecule has 2 unspecified atom stereocenters. The number of rotatable bonds is 2. The maximum atomic E-state index is 10.5. The molecule has 2 atom stereocenters. The smallest absolute Gasteiger partial charge is 0.166 e. The second-order valence-corrected chi connectivity index (χ2v) is 3.89. The second kappa shape index (κ2) is 3.96. The van der Waals surface area contributed by atoms with E-state index >= 15 is 0 Å². The second-order valence-electron chi connectivity index (χ2n) is 3.89. The molecule has 1 aromatic rings. The zero-order chi connectivity index (χ0) is 9.97. The van der Waals surface area contributed by atoms with Crippen molar-refractivity contribution in [1.29, 1.82) is 0 Å². The SMILES string of the molecule is CC1CC(c2ccc(C=O)[nH]2)CCO1. The third-order valence-electron chi connectivity index (χ3n) is 2.78. The fourth-order valence-electron chi connectivity index (χ4n) is 2.02. The van der Waals surface area contributed by atoms with E-state index in [4.69, 9.17) is 4.74 Å². The fourth-order valence-corrected chi connectivity index (χ4v) is 2.02. The highest BCUT2D eigenvalue weighted by atomic mass is 16.5. The summed E-state index contributed by atoms with van der Waals surface area (Å²) < 4.78 is 5.48. The quantitative estimate of drug-likeness (QED) is 0.731. The van der Waals surface area contributed by atoms with Gasteiger partial charge in [0.05, 0.1) is 11.8 Å². The Hall–Kier alpha value is -1.09. The molecule has 1 aromatic heterocycles. The lowest BCUT2D eigenvalue weighted by molar-refractivity contribution is 0.0180. The van der Waals surface area contributed by atoms with E-state index < -0.39 is 0 Å². The molecular formula is C11H15NO2. The molecule has 76 valence electrons. The molecule has 0 aromatic carbocycles. The van der Waals surface area contributed by atoms with E-state index in [1.165, 1.54) is 5.69 Å². The Morgan fingerprint density at radius 2 is 2.43 bits per heavy atom. The number of carbonyl (C=O) groups is 1. The van der Waals surface area contributed by atoms with Crippen molar-refractivity contribution in [2.24, 2.45) is 0 Å². The van der Waals surface area contributed by atoms with E-state index in [1.807, 2.05) is 12.1 Å². The minimum atomic E-state index is 0.330. The molecule has 2 rings (SSSR count). The normalized spacial score (nSPS) is 27.5. The van der Waals surface area contributed by atoms with Crippen LogP contribution in [-0.4, -0.2) is 24.0 Å². The summed E-state index contributed by atoms with van der Waals surface area (Å²) in [5.41, 5.74) is 1.83. The predicted octanol–water partition coefficient (Wildman–Crippen LogP) is 2.11. The zero-order valence-electron chi connectivity index (χ0n) is 8.32. The average molecular weight is 193 g/mol. The van der Waals surface area contributed by atoms with Crippen molar-refractivity contribution in [1.82, 2.24) is 4.98 Å². The molecule has 3 nitrogen and oxygen atoms in total. The topological polar surface area (TPSA) is 42.1 Å². The summed E-state index contributed by atoms with van der Waals surface area (Å²) >= 11 is 0. The number of aromatic amines is 1. The van der Waals surface area contributed by atoms with Gasteiger partial charge in [-0.25, -0.2) is 0 Å². The average Bonchev–Trinajstić information content (AvgIpc) is 2.66. The molecule has 0 spiro atoms. The minimum Gasteiger partial charge on any atom is -0.378 e. The van der Waals surface area contributed by atoms with E-state index in [0.717, 1.165) is 25.7 Å². The summed E-state index contributed by atoms with van der Waals surface area (Å²) in [7, 11) is 0. The minimum absolute atomic E-state index is 0.330. The largest absolute Gasteiger partial charge is 0.378 e. The number of aldehydes is 1. The Labute approximate surface area is 83.5 Å². The van der Waals surface area contributed by atoms with Gasteiger partial charge >= 0.3 is 0 Å². The number of carbonyl (C=O) groups excluding carboxylic acids is 1. The van der Waals surface area contributed by atoms with Crippen LogP contribution in [0.1, 0.15) is 41.9 Å². The molecule has 1 saturated heterocycles. The Bertz CT molecular complexity index is 319. The Balaban J connectivity index is 2.09. The first-order valence-electron chi connectivity index (χ1n) is 5.05. The molecular weight excluding hydrogens is 178 g/mol. The van der Waals surface area contributed by atoms with Crippen LogP contribution in [0.25, 0.3) is 0 Å². The molecule has 3 heteroatoms. The van der Waals surface area contributed by atoms with Gasteiger partial charge < -0.3 is 9.72 Å². The first-order valence-corrected chi connectivity index (χ1v) is 5.05. The van der Waals surface area contributed by atoms with E-state index in [2.05, 4.69) is 11.9 Å². The lowest BCUT2D eigenvalue weighted by atomic mass is 9.93. The monoisotopic (exact) mass is 193 g/mol. The van der Waals surface area contributed by atoms with E-state index in [-0.39, 0.29) is 0 Å². The van der Waals surface area contributed by atoms with Gasteiger partial charge in [-0.3, -0.25) is 4.79 Å². The molecule has 0 amide bonds. The van der Waals surface area contributed by atoms with Crippen molar-refractivity contribution < 1.29 is 9.53 Å². The lowest BCUT2D eigenvalue weighted by Crippen LogP contribution is -2.21. The van der Waals surface area contributed by atoms with Crippen molar-refractivity contribution in [3.8, 4) is 0 Å². The molecule has 1 N–H and O–H groups in total. The predicted molar refractivity (Wildman–Crippen MR) is 53.6 cm³/mol. The highest BCUT2D eigenvalue weighted by molar-refractivity contribution is 5.72. The number of ether oxygens (including phenoxy) is 1. The molecule has 14 heavy (non-hydrogen) atoms. The van der Waals surface area contributed by atoms with Gasteiger partial charge in [-0.2, -0.15) is 0 Å². The van der Waals surface area contributed by atoms with Crippen LogP contribution in [0.15, 0.2) is 12.1 Å². The number of nitrogens with one attached hydrogen (secondary N) is 1. The zero-order valence-corrected chi connectivity index (χ0v) is 8.32. The van der Waals surface area contributed by atoms with Crippen LogP contribution in [0.5, 0.6) is 0 Å². The Morgan fingerprint density at radius 1 is 1.57 bits per heavy atom. The first-order chi connectivity index (χ1) is 6.79. The summed E-state index contributed by atoms with van der Waals surface area (Å²) in [6.45, 7) is 2.91. The van der Waals surface area contributed by atoms with Gasteiger partial charge in [0.25, 0.3) is 0 Å². The number of hydrogen-bond acceptors (Lipinski definition) is 2. The number of H-pyrrole nitrogens is 1. The maximum absolute atomic E-state index is 10.5. The van der Waals surface area contributed by atoms with Gasteiger partial charge in [0.2, 0.25) is 0 Å². The fraction of sp³-hybridized carbons (Fsp3) is 0.545. The molecule has 1 aliphatic rings. The Morgan fingerprint density at radius 3 is 3.07 bits per heavy atom. The first kappa shape index (κ1) is 9.46. The van der Waals surface area contributed by atoms with E-state index in [9.17, 15) is 4.79 Å². The third kappa shape index (κ3) is 1.87. The van der Waals surface area contributed by atoms with Crippen LogP contribution in [0, 0.1) is 0 Å². The van der Waals surface area contributed by atoms with Gasteiger partial charge in [0, 0.05) is 18.2 Å². The molecule has 2 heterocycles. The van der Waals surface area contributed by atoms with Crippen molar-refractivity contribution in [2.45, 2.75) is 31.8 Å². The number of hydrogen-bond donors (Lipinski definition) is 1. The van der Waals surface area contributed by atoms with Gasteiger partial charge in [0.1, 0.15) is 0 Å². The van der Waals surface area contributed by atoms with E-state index in [1.54, 1.807) is 0 Å². The van der Waals surface area contributed by atoms with Gasteiger partial charge in [0.15, 0.2) is 6.29 Å². The highest BCUT2D eigenvalue weighted by Crippen LogP contribution is 2.28. The standard InChI is InChI=1S/C11H15NO2/c1-8-6-9(4-5-14-8)11-3-2-10(7-13)12-11/h2-3,7-9,12H,4-6H2,1H3. The summed E-state index contributed by atoms with van der Waals surface area (Å²) in [5, 5.41) is 0. The van der Waals surface area contributed by atoms with Crippen LogP contribution in [0.4, 0.5) is 0 Å². The summed E-state index contributed by atoms with van der Waals surface area (Å²) in [6, 6.07) is 3.84. The van der Waals surface area contributed by atoms with Crippen LogP contribution in [-0.2, 0) is 4.74 Å². The summed E-state index contributed by atoms with van der Waals surface area (Å²) in [4.78, 5) is 13.6. The van der Waals surface area contributed by atoms with Gasteiger partial charge in [-0.05, 0) is 31.9 Å².